The van der Waals surface area contributed by atoms with E-state index in [1.165, 1.54) is 4.57 Å². The van der Waals surface area contributed by atoms with Crippen molar-refractivity contribution in [3.8, 4) is 17.1 Å². The fourth-order valence-electron chi connectivity index (χ4n) is 5.90. The molecule has 6 rings (SSSR count). The first-order valence-corrected chi connectivity index (χ1v) is 14.5. The van der Waals surface area contributed by atoms with E-state index < -0.39 is 60.6 Å². The SMILES string of the molecule is CC[C@@]1(OC(=O)CNC(=O)CCC(=O)[O-])C(=O)OCc2c1cc1n(c2=O)Cc2cc3c4c(ccc3nc2-1)OC(C(C)C)NC4=O.[Na+]. The number of benzene rings is 1. The van der Waals surface area contributed by atoms with Gasteiger partial charge in [-0.15, -0.1) is 0 Å². The molecule has 2 aromatic heterocycles. The van der Waals surface area contributed by atoms with Gasteiger partial charge in [0, 0.05) is 34.8 Å². The molecule has 5 heterocycles. The Morgan fingerprint density at radius 2 is 1.96 bits per heavy atom. The largest absolute Gasteiger partial charge is 1.00 e. The minimum Gasteiger partial charge on any atom is -0.550 e. The van der Waals surface area contributed by atoms with E-state index in [4.69, 9.17) is 19.2 Å². The van der Waals surface area contributed by atoms with Crippen LogP contribution in [-0.4, -0.2) is 52.0 Å². The minimum atomic E-state index is -1.98. The Morgan fingerprint density at radius 3 is 2.65 bits per heavy atom. The zero-order valence-electron chi connectivity index (χ0n) is 25.7. The molecule has 0 fully saturated rings. The van der Waals surface area contributed by atoms with Crippen molar-refractivity contribution in [1.29, 1.82) is 0 Å². The minimum absolute atomic E-state index is 0. The molecule has 0 radical (unpaired) electrons. The number of carbonyl (C=O) groups excluding carboxylic acids is 5. The van der Waals surface area contributed by atoms with Crippen LogP contribution < -0.4 is 55.6 Å². The monoisotopic (exact) mass is 640 g/mol. The van der Waals surface area contributed by atoms with Crippen LogP contribution in [0.1, 0.15) is 67.1 Å². The fourth-order valence-corrected chi connectivity index (χ4v) is 5.90. The van der Waals surface area contributed by atoms with Crippen LogP contribution in [0.25, 0.3) is 22.3 Å². The maximum Gasteiger partial charge on any atom is 1.00 e. The van der Waals surface area contributed by atoms with Crippen LogP contribution in [0.3, 0.4) is 0 Å². The molecular weight excluding hydrogens is 611 g/mol. The van der Waals surface area contributed by atoms with E-state index in [-0.39, 0.29) is 72.1 Å². The number of nitrogens with zero attached hydrogens (tertiary/aromatic N) is 2. The topological polar surface area (TPSA) is 195 Å². The molecule has 14 nitrogen and oxygen atoms in total. The standard InChI is InChI=1S/C31H30N4O10.Na/c1-4-31(45-24(39)11-32-22(36)7-8-23(37)38)18-10-20-26-15(12-35(20)29(41)17(18)13-43-30(31)42)9-16-19(33-26)5-6-21-25(16)27(40)34-28(44-21)14(2)3;/h5-6,9-10,14,28H,4,7-8,11-13H2,1-3H3,(H,32,36)(H,34,40)(H,37,38);/q;+1/p-1/t28?,31-;/m0./s1. The van der Waals surface area contributed by atoms with E-state index in [0.717, 1.165) is 0 Å². The van der Waals surface area contributed by atoms with Crippen LogP contribution in [0.4, 0.5) is 0 Å². The van der Waals surface area contributed by atoms with Crippen molar-refractivity contribution in [3.63, 3.8) is 0 Å². The van der Waals surface area contributed by atoms with Crippen molar-refractivity contribution in [2.45, 2.75) is 65.0 Å². The second kappa shape index (κ2) is 12.5. The van der Waals surface area contributed by atoms with Crippen LogP contribution in [0, 0.1) is 5.92 Å². The Kier molecular flexibility index (Phi) is 8.99. The molecular formula is C31H29N4NaO10. The number of aliphatic carboxylic acids is 1. The van der Waals surface area contributed by atoms with Crippen molar-refractivity contribution in [2.75, 3.05) is 6.54 Å². The Labute approximate surface area is 284 Å². The maximum absolute atomic E-state index is 13.8. The van der Waals surface area contributed by atoms with E-state index in [1.54, 1.807) is 31.2 Å². The number of amides is 2. The zero-order chi connectivity index (χ0) is 32.2. The molecule has 3 aliphatic rings. The summed E-state index contributed by atoms with van der Waals surface area (Å²) in [4.78, 5) is 80.2. The summed E-state index contributed by atoms with van der Waals surface area (Å²) in [5, 5.41) is 16.3. The molecule has 234 valence electrons. The smallest absolute Gasteiger partial charge is 0.550 e. The van der Waals surface area contributed by atoms with Gasteiger partial charge in [-0.2, -0.15) is 0 Å². The van der Waals surface area contributed by atoms with E-state index >= 15 is 0 Å². The number of ether oxygens (including phenoxy) is 3. The summed E-state index contributed by atoms with van der Waals surface area (Å²) >= 11 is 0. The second-order valence-corrected chi connectivity index (χ2v) is 11.5. The molecule has 0 bridgehead atoms. The number of hydrogen-bond donors (Lipinski definition) is 2. The van der Waals surface area contributed by atoms with Gasteiger partial charge in [-0.25, -0.2) is 9.78 Å². The first-order chi connectivity index (χ1) is 21.4. The van der Waals surface area contributed by atoms with Gasteiger partial charge in [-0.1, -0.05) is 20.8 Å². The maximum atomic E-state index is 13.8. The second-order valence-electron chi connectivity index (χ2n) is 11.5. The average molecular weight is 641 g/mol. The number of esters is 2. The van der Waals surface area contributed by atoms with E-state index in [1.807, 2.05) is 13.8 Å². The molecule has 15 heteroatoms. The molecule has 1 aromatic carbocycles. The van der Waals surface area contributed by atoms with Crippen molar-refractivity contribution in [3.05, 3.63) is 56.9 Å². The third-order valence-electron chi connectivity index (χ3n) is 8.25. The van der Waals surface area contributed by atoms with Gasteiger partial charge in [-0.3, -0.25) is 19.2 Å². The van der Waals surface area contributed by atoms with E-state index in [0.29, 0.717) is 39.2 Å². The normalized spacial score (nSPS) is 19.0. The number of carbonyl (C=O) groups is 5. The predicted molar refractivity (Wildman–Crippen MR) is 152 cm³/mol. The molecule has 3 aromatic rings. The third-order valence-corrected chi connectivity index (χ3v) is 8.25. The summed E-state index contributed by atoms with van der Waals surface area (Å²) in [5.41, 5.74) is 0.234. The van der Waals surface area contributed by atoms with Gasteiger partial charge in [0.05, 0.1) is 34.6 Å². The number of nitrogens with one attached hydrogen (secondary N) is 2. The quantitative estimate of drug-likeness (QED) is 0.151. The summed E-state index contributed by atoms with van der Waals surface area (Å²) in [5.74, 6) is -3.79. The Balaban J connectivity index is 0.00000417. The summed E-state index contributed by atoms with van der Waals surface area (Å²) in [7, 11) is 0. The van der Waals surface area contributed by atoms with Crippen LogP contribution >= 0.6 is 0 Å². The molecule has 0 saturated carbocycles. The van der Waals surface area contributed by atoms with Crippen molar-refractivity contribution in [2.24, 2.45) is 5.92 Å². The Bertz CT molecular complexity index is 1890. The average Bonchev–Trinajstić information content (AvgIpc) is 3.36. The first kappa shape index (κ1) is 33.1. The molecule has 2 amide bonds. The summed E-state index contributed by atoms with van der Waals surface area (Å²) in [6, 6.07) is 6.83. The molecule has 0 saturated heterocycles. The van der Waals surface area contributed by atoms with E-state index in [9.17, 15) is 33.9 Å². The van der Waals surface area contributed by atoms with Gasteiger partial charge in [-0.05, 0) is 37.1 Å². The van der Waals surface area contributed by atoms with E-state index in [2.05, 4.69) is 10.6 Å². The summed E-state index contributed by atoms with van der Waals surface area (Å²) in [6.07, 6.45) is -1.48. The number of hydrogen-bond acceptors (Lipinski definition) is 11. The zero-order valence-corrected chi connectivity index (χ0v) is 27.7. The third kappa shape index (κ3) is 5.54. The predicted octanol–water partition coefficient (Wildman–Crippen LogP) is -2.61. The molecule has 2 N–H and O–H groups in total. The number of fused-ring (bicyclic) bond motifs is 7. The van der Waals surface area contributed by atoms with Gasteiger partial charge in [0.15, 0.2) is 6.23 Å². The van der Waals surface area contributed by atoms with Crippen LogP contribution in [0.5, 0.6) is 5.75 Å². The number of cyclic esters (lactones) is 1. The number of aromatic nitrogens is 2. The van der Waals surface area contributed by atoms with Crippen molar-refractivity contribution in [1.82, 2.24) is 20.2 Å². The molecule has 0 aliphatic carbocycles. The molecule has 46 heavy (non-hydrogen) atoms. The van der Waals surface area contributed by atoms with Gasteiger partial charge < -0.3 is 39.3 Å². The first-order valence-electron chi connectivity index (χ1n) is 14.5. The molecule has 1 unspecified atom stereocenters. The number of rotatable bonds is 8. The van der Waals surface area contributed by atoms with Gasteiger partial charge in [0.25, 0.3) is 11.5 Å². The Morgan fingerprint density at radius 1 is 1.20 bits per heavy atom. The fraction of sp³-hybridized carbons (Fsp3) is 0.387. The number of carboxylic acid groups (broad SMARTS) is 1. The summed E-state index contributed by atoms with van der Waals surface area (Å²) < 4.78 is 18.5. The molecule has 0 spiro atoms. The van der Waals surface area contributed by atoms with Crippen molar-refractivity contribution >= 4 is 40.6 Å². The van der Waals surface area contributed by atoms with Crippen molar-refractivity contribution < 1.29 is 72.8 Å². The van der Waals surface area contributed by atoms with Crippen LogP contribution in [0.15, 0.2) is 29.1 Å². The molecule has 3 aliphatic heterocycles. The Hall–Kier alpha value is -4.27. The van der Waals surface area contributed by atoms with Crippen LogP contribution in [-0.2, 0) is 47.4 Å². The van der Waals surface area contributed by atoms with Gasteiger partial charge in [0.1, 0.15) is 18.9 Å². The number of carboxylic acids is 1. The van der Waals surface area contributed by atoms with Gasteiger partial charge >= 0.3 is 41.5 Å². The summed E-state index contributed by atoms with van der Waals surface area (Å²) in [6.45, 7) is 4.63. The van der Waals surface area contributed by atoms with Gasteiger partial charge in [0.2, 0.25) is 11.5 Å². The number of pyridine rings is 2. The molecule has 2 atom stereocenters. The van der Waals surface area contributed by atoms with Crippen LogP contribution in [0.2, 0.25) is 0 Å².